The molecule has 1 saturated carbocycles. The lowest BCUT2D eigenvalue weighted by Crippen LogP contribution is -2.25. The topological polar surface area (TPSA) is 24.9 Å². The Morgan fingerprint density at radius 2 is 2.11 bits per heavy atom. The summed E-state index contributed by atoms with van der Waals surface area (Å²) in [5.41, 5.74) is 1.36. The zero-order chi connectivity index (χ0) is 13.9. The molecular weight excluding hydrogens is 276 g/mol. The molecule has 19 heavy (non-hydrogen) atoms. The highest BCUT2D eigenvalue weighted by molar-refractivity contribution is 7.09. The van der Waals surface area contributed by atoms with E-state index in [0.717, 1.165) is 30.8 Å². The second-order valence-corrected chi connectivity index (χ2v) is 7.86. The first-order valence-corrected chi connectivity index (χ1v) is 8.63. The molecule has 4 heteroatoms. The van der Waals surface area contributed by atoms with Gasteiger partial charge in [0, 0.05) is 23.2 Å². The minimum Gasteiger partial charge on any atom is -0.310 e. The van der Waals surface area contributed by atoms with Gasteiger partial charge in [0.2, 0.25) is 0 Å². The van der Waals surface area contributed by atoms with Crippen LogP contribution in [0.3, 0.4) is 0 Å². The molecule has 0 aliphatic heterocycles. The zero-order valence-electron chi connectivity index (χ0n) is 12.2. The molecule has 2 unspecified atom stereocenters. The quantitative estimate of drug-likeness (QED) is 0.825. The summed E-state index contributed by atoms with van der Waals surface area (Å²) in [6, 6.07) is 0. The van der Waals surface area contributed by atoms with E-state index in [1.807, 2.05) is 0 Å². The Bertz CT molecular complexity index is 397. The van der Waals surface area contributed by atoms with E-state index in [1.54, 1.807) is 11.3 Å². The van der Waals surface area contributed by atoms with E-state index in [4.69, 9.17) is 16.6 Å². The molecule has 108 valence electrons. The molecule has 0 spiro atoms. The summed E-state index contributed by atoms with van der Waals surface area (Å²) >= 11 is 7.78. The molecule has 1 aromatic heterocycles. The van der Waals surface area contributed by atoms with Crippen molar-refractivity contribution in [2.45, 2.75) is 52.0 Å². The number of hydrogen-bond acceptors (Lipinski definition) is 3. The van der Waals surface area contributed by atoms with Gasteiger partial charge >= 0.3 is 0 Å². The maximum Gasteiger partial charge on any atom is 0.107 e. The lowest BCUT2D eigenvalue weighted by molar-refractivity contribution is 0.395. The average molecular weight is 301 g/mol. The molecule has 1 N–H and O–H groups in total. The fourth-order valence-corrected chi connectivity index (χ4v) is 4.08. The van der Waals surface area contributed by atoms with Crippen LogP contribution in [-0.2, 0) is 12.0 Å². The number of nitrogens with one attached hydrogen (secondary N) is 1. The number of alkyl halides is 1. The number of aromatic nitrogens is 1. The Morgan fingerprint density at radius 3 is 2.74 bits per heavy atom. The van der Waals surface area contributed by atoms with Crippen LogP contribution in [0.1, 0.15) is 50.7 Å². The largest absolute Gasteiger partial charge is 0.310 e. The highest BCUT2D eigenvalue weighted by atomic mass is 35.5. The number of halogens is 1. The molecule has 2 rings (SSSR count). The molecule has 1 aromatic rings. The van der Waals surface area contributed by atoms with Crippen molar-refractivity contribution in [3.05, 3.63) is 16.1 Å². The summed E-state index contributed by atoms with van der Waals surface area (Å²) in [6.07, 6.45) is 3.98. The van der Waals surface area contributed by atoms with Crippen LogP contribution in [0, 0.1) is 11.8 Å². The smallest absolute Gasteiger partial charge is 0.107 e. The highest BCUT2D eigenvalue weighted by Gasteiger charge is 2.26. The van der Waals surface area contributed by atoms with Gasteiger partial charge in [0.1, 0.15) is 5.01 Å². The third kappa shape index (κ3) is 4.17. The van der Waals surface area contributed by atoms with E-state index in [1.165, 1.54) is 30.0 Å². The zero-order valence-corrected chi connectivity index (χ0v) is 13.8. The van der Waals surface area contributed by atoms with Crippen molar-refractivity contribution < 1.29 is 0 Å². The number of hydrogen-bond donors (Lipinski definition) is 1. The van der Waals surface area contributed by atoms with E-state index in [9.17, 15) is 0 Å². The molecule has 0 radical (unpaired) electrons. The second kappa shape index (κ2) is 6.55. The molecule has 2 atom stereocenters. The minimum absolute atomic E-state index is 0.157. The second-order valence-electron chi connectivity index (χ2n) is 6.61. The van der Waals surface area contributed by atoms with Gasteiger partial charge in [-0.05, 0) is 31.2 Å². The summed E-state index contributed by atoms with van der Waals surface area (Å²) in [4.78, 5) is 4.71. The standard InChI is InChI=1S/C15H25ClN2S/c1-15(2,3)13-10-19-14(18-13)9-17-8-12-6-4-5-11(12)7-16/h10-12,17H,4-9H2,1-3H3. The predicted octanol–water partition coefficient (Wildman–Crippen LogP) is 4.19. The lowest BCUT2D eigenvalue weighted by atomic mass is 9.93. The normalized spacial score (nSPS) is 24.0. The number of rotatable bonds is 5. The molecule has 1 heterocycles. The predicted molar refractivity (Wildman–Crippen MR) is 84.1 cm³/mol. The maximum atomic E-state index is 6.01. The van der Waals surface area contributed by atoms with Crippen molar-refractivity contribution >= 4 is 22.9 Å². The van der Waals surface area contributed by atoms with Crippen molar-refractivity contribution in [3.8, 4) is 0 Å². The van der Waals surface area contributed by atoms with E-state index in [-0.39, 0.29) is 5.41 Å². The van der Waals surface area contributed by atoms with Crippen molar-refractivity contribution in [1.29, 1.82) is 0 Å². The summed E-state index contributed by atoms with van der Waals surface area (Å²) in [5, 5.41) is 6.95. The van der Waals surface area contributed by atoms with E-state index < -0.39 is 0 Å². The molecule has 0 bridgehead atoms. The molecular formula is C15H25ClN2S. The fraction of sp³-hybridized carbons (Fsp3) is 0.800. The number of thiazole rings is 1. The van der Waals surface area contributed by atoms with Crippen LogP contribution in [-0.4, -0.2) is 17.4 Å². The SMILES string of the molecule is CC(C)(C)c1csc(CNCC2CCCC2CCl)n1. The number of nitrogens with zero attached hydrogens (tertiary/aromatic N) is 1. The van der Waals surface area contributed by atoms with Crippen molar-refractivity contribution in [2.75, 3.05) is 12.4 Å². The molecule has 1 aliphatic rings. The van der Waals surface area contributed by atoms with Crippen molar-refractivity contribution in [2.24, 2.45) is 11.8 Å². The van der Waals surface area contributed by atoms with Crippen molar-refractivity contribution in [3.63, 3.8) is 0 Å². The Balaban J connectivity index is 1.78. The van der Waals surface area contributed by atoms with Crippen LogP contribution in [0.4, 0.5) is 0 Å². The van der Waals surface area contributed by atoms with E-state index >= 15 is 0 Å². The summed E-state index contributed by atoms with van der Waals surface area (Å²) < 4.78 is 0. The average Bonchev–Trinajstić information content (AvgIpc) is 2.96. The molecule has 2 nitrogen and oxygen atoms in total. The first kappa shape index (κ1) is 15.3. The van der Waals surface area contributed by atoms with Crippen LogP contribution >= 0.6 is 22.9 Å². The summed E-state index contributed by atoms with van der Waals surface area (Å²) in [5.74, 6) is 2.30. The van der Waals surface area contributed by atoms with E-state index in [0.29, 0.717) is 0 Å². The van der Waals surface area contributed by atoms with Gasteiger partial charge in [-0.1, -0.05) is 27.2 Å². The van der Waals surface area contributed by atoms with Gasteiger partial charge in [-0.2, -0.15) is 0 Å². The van der Waals surface area contributed by atoms with Gasteiger partial charge in [-0.15, -0.1) is 22.9 Å². The molecule has 0 saturated heterocycles. The van der Waals surface area contributed by atoms with Crippen LogP contribution in [0.25, 0.3) is 0 Å². The summed E-state index contributed by atoms with van der Waals surface area (Å²) in [7, 11) is 0. The van der Waals surface area contributed by atoms with Crippen LogP contribution < -0.4 is 5.32 Å². The van der Waals surface area contributed by atoms with Gasteiger partial charge in [-0.3, -0.25) is 0 Å². The van der Waals surface area contributed by atoms with Crippen LogP contribution in [0.15, 0.2) is 5.38 Å². The van der Waals surface area contributed by atoms with Gasteiger partial charge in [0.25, 0.3) is 0 Å². The first-order chi connectivity index (χ1) is 9.00. The Morgan fingerprint density at radius 1 is 1.37 bits per heavy atom. The third-order valence-corrected chi connectivity index (χ3v) is 5.26. The Kier molecular flexibility index (Phi) is 5.27. The van der Waals surface area contributed by atoms with Gasteiger partial charge < -0.3 is 5.32 Å². The monoisotopic (exact) mass is 300 g/mol. The van der Waals surface area contributed by atoms with Gasteiger partial charge in [0.15, 0.2) is 0 Å². The Labute approximate surface area is 126 Å². The first-order valence-electron chi connectivity index (χ1n) is 7.22. The van der Waals surface area contributed by atoms with E-state index in [2.05, 4.69) is 31.5 Å². The van der Waals surface area contributed by atoms with Gasteiger partial charge in [0.05, 0.1) is 5.69 Å². The molecule has 1 aliphatic carbocycles. The van der Waals surface area contributed by atoms with Gasteiger partial charge in [-0.25, -0.2) is 4.98 Å². The third-order valence-electron chi connectivity index (χ3n) is 4.02. The molecule has 0 amide bonds. The lowest BCUT2D eigenvalue weighted by Gasteiger charge is -2.17. The Hall–Kier alpha value is -0.120. The summed E-state index contributed by atoms with van der Waals surface area (Å²) in [6.45, 7) is 8.61. The minimum atomic E-state index is 0.157. The molecule has 0 aromatic carbocycles. The van der Waals surface area contributed by atoms with Crippen LogP contribution in [0.2, 0.25) is 0 Å². The fourth-order valence-electron chi connectivity index (χ4n) is 2.69. The van der Waals surface area contributed by atoms with Crippen LogP contribution in [0.5, 0.6) is 0 Å². The maximum absolute atomic E-state index is 6.01. The highest BCUT2D eigenvalue weighted by Crippen LogP contribution is 2.32. The van der Waals surface area contributed by atoms with Crippen molar-refractivity contribution in [1.82, 2.24) is 10.3 Å². The molecule has 1 fully saturated rings.